The molecular formula is C23H25N5O2S. The van der Waals surface area contributed by atoms with Crippen molar-refractivity contribution < 1.29 is 9.59 Å². The van der Waals surface area contributed by atoms with E-state index in [2.05, 4.69) is 10.1 Å². The highest BCUT2D eigenvalue weighted by atomic mass is 32.1. The van der Waals surface area contributed by atoms with Crippen LogP contribution in [0.2, 0.25) is 0 Å². The minimum Gasteiger partial charge on any atom is -0.342 e. The number of benzene rings is 1. The van der Waals surface area contributed by atoms with Crippen LogP contribution in [0.3, 0.4) is 0 Å². The van der Waals surface area contributed by atoms with E-state index in [-0.39, 0.29) is 23.6 Å². The molecule has 2 aromatic heterocycles. The molecule has 0 radical (unpaired) electrons. The molecule has 160 valence electrons. The van der Waals surface area contributed by atoms with Crippen LogP contribution < -0.4 is 0 Å². The Kier molecular flexibility index (Phi) is 5.55. The molecule has 2 aliphatic heterocycles. The summed E-state index contributed by atoms with van der Waals surface area (Å²) < 4.78 is 1.74. The molecule has 31 heavy (non-hydrogen) atoms. The molecule has 8 heteroatoms. The Balaban J connectivity index is 1.34. The summed E-state index contributed by atoms with van der Waals surface area (Å²) in [5.41, 5.74) is 0.868. The molecule has 3 aromatic rings. The smallest absolute Gasteiger partial charge is 0.293 e. The molecule has 1 aromatic carbocycles. The van der Waals surface area contributed by atoms with Crippen LogP contribution in [0.25, 0.3) is 16.4 Å². The third kappa shape index (κ3) is 3.99. The molecule has 2 saturated heterocycles. The molecule has 0 spiro atoms. The third-order valence-electron chi connectivity index (χ3n) is 6.09. The first-order valence-corrected chi connectivity index (χ1v) is 11.7. The van der Waals surface area contributed by atoms with Crippen molar-refractivity contribution in [3.8, 4) is 16.4 Å². The second kappa shape index (κ2) is 8.63. The maximum absolute atomic E-state index is 13.2. The minimum absolute atomic E-state index is 0.0265. The van der Waals surface area contributed by atoms with E-state index in [1.807, 2.05) is 52.7 Å². The Bertz CT molecular complexity index is 1050. The molecule has 0 N–H and O–H groups in total. The van der Waals surface area contributed by atoms with Gasteiger partial charge < -0.3 is 9.80 Å². The second-order valence-electron chi connectivity index (χ2n) is 8.08. The normalized spacial score (nSPS) is 17.3. The number of hydrogen-bond donors (Lipinski definition) is 0. The second-order valence-corrected chi connectivity index (χ2v) is 9.03. The molecule has 2 amide bonds. The van der Waals surface area contributed by atoms with Gasteiger partial charge in [0, 0.05) is 32.1 Å². The number of para-hydroxylation sites is 1. The Morgan fingerprint density at radius 2 is 1.65 bits per heavy atom. The predicted octanol–water partition coefficient (Wildman–Crippen LogP) is 3.47. The highest BCUT2D eigenvalue weighted by Crippen LogP contribution is 2.27. The van der Waals surface area contributed by atoms with Gasteiger partial charge in [0.1, 0.15) is 0 Å². The van der Waals surface area contributed by atoms with Gasteiger partial charge >= 0.3 is 0 Å². The average Bonchev–Trinajstić information content (AvgIpc) is 3.60. The maximum atomic E-state index is 13.2. The zero-order valence-corrected chi connectivity index (χ0v) is 18.1. The van der Waals surface area contributed by atoms with E-state index in [9.17, 15) is 9.59 Å². The number of carbonyl (C=O) groups is 2. The zero-order chi connectivity index (χ0) is 21.2. The van der Waals surface area contributed by atoms with Crippen molar-refractivity contribution in [2.75, 3.05) is 26.2 Å². The lowest BCUT2D eigenvalue weighted by atomic mass is 9.95. The van der Waals surface area contributed by atoms with Crippen molar-refractivity contribution in [3.63, 3.8) is 0 Å². The van der Waals surface area contributed by atoms with Crippen molar-refractivity contribution in [1.29, 1.82) is 0 Å². The molecule has 0 atom stereocenters. The Morgan fingerprint density at radius 1 is 0.903 bits per heavy atom. The van der Waals surface area contributed by atoms with Crippen LogP contribution in [-0.2, 0) is 4.79 Å². The number of carbonyl (C=O) groups excluding carboxylic acids is 2. The van der Waals surface area contributed by atoms with Gasteiger partial charge in [-0.1, -0.05) is 24.3 Å². The number of piperidine rings is 1. The first-order chi connectivity index (χ1) is 15.2. The molecular weight excluding hydrogens is 410 g/mol. The molecule has 5 rings (SSSR count). The number of rotatable bonds is 4. The van der Waals surface area contributed by atoms with Crippen LogP contribution in [0.1, 0.15) is 36.3 Å². The number of likely N-dealkylation sites (tertiary alicyclic amines) is 2. The van der Waals surface area contributed by atoms with Crippen molar-refractivity contribution in [3.05, 3.63) is 53.7 Å². The molecule has 4 heterocycles. The van der Waals surface area contributed by atoms with Gasteiger partial charge in [0.15, 0.2) is 5.82 Å². The van der Waals surface area contributed by atoms with E-state index in [4.69, 9.17) is 0 Å². The molecule has 0 aliphatic carbocycles. The van der Waals surface area contributed by atoms with E-state index < -0.39 is 0 Å². The van der Waals surface area contributed by atoms with Crippen LogP contribution in [0.15, 0.2) is 47.8 Å². The standard InChI is InChI=1S/C23H25N5O2S/c29-22(26-12-4-5-13-26)17-10-14-27(15-11-17)23(30)20-24-21(19-9-6-16-31-19)28(25-20)18-7-2-1-3-8-18/h1-3,6-9,16-17H,4-5,10-15H2. The zero-order valence-electron chi connectivity index (χ0n) is 17.3. The van der Waals surface area contributed by atoms with E-state index in [0.29, 0.717) is 31.8 Å². The topological polar surface area (TPSA) is 71.3 Å². The Morgan fingerprint density at radius 3 is 2.32 bits per heavy atom. The van der Waals surface area contributed by atoms with E-state index >= 15 is 0 Å². The maximum Gasteiger partial charge on any atom is 0.293 e. The predicted molar refractivity (Wildman–Crippen MR) is 119 cm³/mol. The van der Waals surface area contributed by atoms with Gasteiger partial charge in [0.2, 0.25) is 11.7 Å². The van der Waals surface area contributed by atoms with E-state index in [1.54, 1.807) is 20.9 Å². The van der Waals surface area contributed by atoms with E-state index in [1.165, 1.54) is 0 Å². The van der Waals surface area contributed by atoms with Crippen LogP contribution in [0, 0.1) is 5.92 Å². The largest absolute Gasteiger partial charge is 0.342 e. The van der Waals surface area contributed by atoms with Crippen molar-refractivity contribution in [2.24, 2.45) is 5.92 Å². The summed E-state index contributed by atoms with van der Waals surface area (Å²) in [7, 11) is 0. The highest BCUT2D eigenvalue weighted by molar-refractivity contribution is 7.13. The first kappa shape index (κ1) is 19.9. The lowest BCUT2D eigenvalue weighted by Gasteiger charge is -2.32. The number of thiophene rings is 1. The van der Waals surface area contributed by atoms with Gasteiger partial charge in [0.05, 0.1) is 10.6 Å². The third-order valence-corrected chi connectivity index (χ3v) is 6.96. The lowest BCUT2D eigenvalue weighted by molar-refractivity contribution is -0.135. The van der Waals surface area contributed by atoms with E-state index in [0.717, 1.165) is 36.5 Å². The summed E-state index contributed by atoms with van der Waals surface area (Å²) in [4.78, 5) is 35.2. The van der Waals surface area contributed by atoms with Gasteiger partial charge in [0.25, 0.3) is 5.91 Å². The summed E-state index contributed by atoms with van der Waals surface area (Å²) in [6, 6.07) is 13.7. The van der Waals surface area contributed by atoms with Gasteiger partial charge in [-0.3, -0.25) is 9.59 Å². The van der Waals surface area contributed by atoms with Crippen molar-refractivity contribution in [2.45, 2.75) is 25.7 Å². The molecule has 0 unspecified atom stereocenters. The molecule has 0 saturated carbocycles. The fourth-order valence-corrected chi connectivity index (χ4v) is 5.08. The fraction of sp³-hybridized carbons (Fsp3) is 0.391. The summed E-state index contributed by atoms with van der Waals surface area (Å²) in [6.45, 7) is 2.89. The summed E-state index contributed by atoms with van der Waals surface area (Å²) in [6.07, 6.45) is 3.62. The summed E-state index contributed by atoms with van der Waals surface area (Å²) in [5.74, 6) is 0.995. The summed E-state index contributed by atoms with van der Waals surface area (Å²) >= 11 is 1.57. The van der Waals surface area contributed by atoms with Crippen molar-refractivity contribution >= 4 is 23.2 Å². The molecule has 0 bridgehead atoms. The average molecular weight is 436 g/mol. The van der Waals surface area contributed by atoms with Gasteiger partial charge in [-0.25, -0.2) is 9.67 Å². The van der Waals surface area contributed by atoms with Gasteiger partial charge in [-0.15, -0.1) is 16.4 Å². The van der Waals surface area contributed by atoms with Crippen LogP contribution in [0.4, 0.5) is 0 Å². The number of amides is 2. The highest BCUT2D eigenvalue weighted by Gasteiger charge is 2.33. The number of nitrogens with zero attached hydrogens (tertiary/aromatic N) is 5. The van der Waals surface area contributed by atoms with Crippen LogP contribution >= 0.6 is 11.3 Å². The van der Waals surface area contributed by atoms with Gasteiger partial charge in [-0.05, 0) is 49.3 Å². The summed E-state index contributed by atoms with van der Waals surface area (Å²) in [5, 5.41) is 6.56. The number of aromatic nitrogens is 3. The number of hydrogen-bond acceptors (Lipinski definition) is 5. The fourth-order valence-electron chi connectivity index (χ4n) is 4.38. The van der Waals surface area contributed by atoms with Crippen LogP contribution in [-0.4, -0.2) is 62.6 Å². The van der Waals surface area contributed by atoms with Crippen LogP contribution in [0.5, 0.6) is 0 Å². The van der Waals surface area contributed by atoms with Crippen molar-refractivity contribution in [1.82, 2.24) is 24.6 Å². The Hall–Kier alpha value is -3.00. The molecule has 2 fully saturated rings. The van der Waals surface area contributed by atoms with Gasteiger partial charge in [-0.2, -0.15) is 0 Å². The minimum atomic E-state index is -0.167. The molecule has 7 nitrogen and oxygen atoms in total. The quantitative estimate of drug-likeness (QED) is 0.629. The Labute approximate surface area is 185 Å². The first-order valence-electron chi connectivity index (χ1n) is 10.8. The lowest BCUT2D eigenvalue weighted by Crippen LogP contribution is -2.44. The monoisotopic (exact) mass is 435 g/mol. The molecule has 2 aliphatic rings. The SMILES string of the molecule is O=C(c1nc(-c2cccs2)n(-c2ccccc2)n1)N1CCC(C(=O)N2CCCC2)CC1.